The summed E-state index contributed by atoms with van der Waals surface area (Å²) < 4.78 is 0. The zero-order valence-corrected chi connectivity index (χ0v) is 9.54. The highest BCUT2D eigenvalue weighted by molar-refractivity contribution is 8.03. The standard InChI is InChI=1S/C11H12N2OS/c1-3-13(9(2)14)10-6-4-5-7-11(10)15-8-12/h4-7H,3H2,1-2H3. The van der Waals surface area contributed by atoms with Crippen LogP contribution in [0.5, 0.6) is 0 Å². The highest BCUT2D eigenvalue weighted by Crippen LogP contribution is 2.29. The Bertz CT molecular complexity index is 398. The third kappa shape index (κ3) is 2.74. The molecule has 0 aliphatic rings. The van der Waals surface area contributed by atoms with Gasteiger partial charge in [0.25, 0.3) is 0 Å². The van der Waals surface area contributed by atoms with Gasteiger partial charge in [-0.3, -0.25) is 4.79 Å². The molecule has 0 fully saturated rings. The fourth-order valence-corrected chi connectivity index (χ4v) is 1.91. The molecule has 1 amide bonds. The fourth-order valence-electron chi connectivity index (χ4n) is 1.38. The first-order valence-corrected chi connectivity index (χ1v) is 5.45. The average molecular weight is 220 g/mol. The molecule has 0 atom stereocenters. The first-order valence-electron chi connectivity index (χ1n) is 4.63. The van der Waals surface area contributed by atoms with Crippen molar-refractivity contribution in [2.45, 2.75) is 18.7 Å². The molecule has 0 radical (unpaired) electrons. The topological polar surface area (TPSA) is 44.1 Å². The van der Waals surface area contributed by atoms with Crippen molar-refractivity contribution in [2.75, 3.05) is 11.4 Å². The van der Waals surface area contributed by atoms with E-state index in [1.54, 1.807) is 4.90 Å². The van der Waals surface area contributed by atoms with Crippen LogP contribution in [0.25, 0.3) is 0 Å². The van der Waals surface area contributed by atoms with E-state index in [0.717, 1.165) is 22.3 Å². The SMILES string of the molecule is CCN(C(C)=O)c1ccccc1SC#N. The van der Waals surface area contributed by atoms with E-state index < -0.39 is 0 Å². The third-order valence-corrected chi connectivity index (χ3v) is 2.66. The molecular weight excluding hydrogens is 208 g/mol. The Morgan fingerprint density at radius 1 is 1.53 bits per heavy atom. The fraction of sp³-hybridized carbons (Fsp3) is 0.273. The molecule has 0 unspecified atom stereocenters. The van der Waals surface area contributed by atoms with Crippen molar-refractivity contribution in [2.24, 2.45) is 0 Å². The Morgan fingerprint density at radius 3 is 2.73 bits per heavy atom. The second kappa shape index (κ2) is 5.42. The van der Waals surface area contributed by atoms with Gasteiger partial charge < -0.3 is 4.90 Å². The van der Waals surface area contributed by atoms with Crippen molar-refractivity contribution >= 4 is 23.4 Å². The van der Waals surface area contributed by atoms with Crippen molar-refractivity contribution in [3.63, 3.8) is 0 Å². The minimum absolute atomic E-state index is 0.0107. The van der Waals surface area contributed by atoms with Gasteiger partial charge >= 0.3 is 0 Å². The molecule has 0 aliphatic heterocycles. The van der Waals surface area contributed by atoms with E-state index in [9.17, 15) is 4.79 Å². The average Bonchev–Trinajstić information content (AvgIpc) is 2.21. The maximum atomic E-state index is 11.4. The van der Waals surface area contributed by atoms with Gasteiger partial charge in [0.05, 0.1) is 5.69 Å². The minimum atomic E-state index is -0.0107. The summed E-state index contributed by atoms with van der Waals surface area (Å²) in [4.78, 5) is 13.8. The number of thioether (sulfide) groups is 1. The van der Waals surface area contributed by atoms with Crippen molar-refractivity contribution in [3.05, 3.63) is 24.3 Å². The maximum Gasteiger partial charge on any atom is 0.223 e. The number of hydrogen-bond acceptors (Lipinski definition) is 3. The van der Waals surface area contributed by atoms with Crippen LogP contribution in [0.3, 0.4) is 0 Å². The molecule has 4 heteroatoms. The lowest BCUT2D eigenvalue weighted by molar-refractivity contribution is -0.116. The monoisotopic (exact) mass is 220 g/mol. The van der Waals surface area contributed by atoms with E-state index in [-0.39, 0.29) is 5.91 Å². The van der Waals surface area contributed by atoms with Crippen LogP contribution < -0.4 is 4.90 Å². The number of hydrogen-bond donors (Lipinski definition) is 0. The number of carbonyl (C=O) groups is 1. The van der Waals surface area contributed by atoms with Crippen LogP contribution in [0.15, 0.2) is 29.2 Å². The first kappa shape index (κ1) is 11.6. The Hall–Kier alpha value is -1.47. The van der Waals surface area contributed by atoms with E-state index in [1.165, 1.54) is 6.92 Å². The molecule has 78 valence electrons. The Kier molecular flexibility index (Phi) is 4.19. The molecule has 0 bridgehead atoms. The highest BCUT2D eigenvalue weighted by Gasteiger charge is 2.12. The predicted molar refractivity (Wildman–Crippen MR) is 61.6 cm³/mol. The Morgan fingerprint density at radius 2 is 2.20 bits per heavy atom. The van der Waals surface area contributed by atoms with Crippen molar-refractivity contribution in [3.8, 4) is 5.40 Å². The predicted octanol–water partition coefficient (Wildman–Crippen LogP) is 2.63. The smallest absolute Gasteiger partial charge is 0.223 e. The zero-order valence-electron chi connectivity index (χ0n) is 8.73. The highest BCUT2D eigenvalue weighted by atomic mass is 32.2. The van der Waals surface area contributed by atoms with Crippen LogP contribution in [-0.4, -0.2) is 12.5 Å². The molecule has 1 aromatic rings. The molecule has 1 aromatic carbocycles. The van der Waals surface area contributed by atoms with E-state index in [1.807, 2.05) is 36.6 Å². The molecule has 0 aromatic heterocycles. The molecule has 15 heavy (non-hydrogen) atoms. The number of benzene rings is 1. The third-order valence-electron chi connectivity index (χ3n) is 2.01. The molecule has 0 saturated heterocycles. The van der Waals surface area contributed by atoms with Gasteiger partial charge in [0, 0.05) is 18.4 Å². The normalized spacial score (nSPS) is 9.40. The van der Waals surface area contributed by atoms with Gasteiger partial charge in [-0.1, -0.05) is 12.1 Å². The van der Waals surface area contributed by atoms with Crippen LogP contribution in [0.1, 0.15) is 13.8 Å². The van der Waals surface area contributed by atoms with Gasteiger partial charge in [0.1, 0.15) is 5.40 Å². The van der Waals surface area contributed by atoms with Gasteiger partial charge in [0.15, 0.2) is 0 Å². The summed E-state index contributed by atoms with van der Waals surface area (Å²) in [7, 11) is 0. The summed E-state index contributed by atoms with van der Waals surface area (Å²) in [6, 6.07) is 7.42. The van der Waals surface area contributed by atoms with Crippen LogP contribution in [0.2, 0.25) is 0 Å². The maximum absolute atomic E-state index is 11.4. The molecule has 3 nitrogen and oxygen atoms in total. The number of amides is 1. The lowest BCUT2D eigenvalue weighted by atomic mass is 10.3. The van der Waals surface area contributed by atoms with E-state index >= 15 is 0 Å². The second-order valence-electron chi connectivity index (χ2n) is 2.92. The van der Waals surface area contributed by atoms with Crippen LogP contribution >= 0.6 is 11.8 Å². The van der Waals surface area contributed by atoms with Gasteiger partial charge in [-0.15, -0.1) is 0 Å². The number of nitriles is 1. The van der Waals surface area contributed by atoms with Gasteiger partial charge in [0.2, 0.25) is 5.91 Å². The summed E-state index contributed by atoms with van der Waals surface area (Å²) in [6.07, 6.45) is 0. The number of thiocyanates is 1. The number of anilines is 1. The number of para-hydroxylation sites is 1. The van der Waals surface area contributed by atoms with Gasteiger partial charge in [-0.2, -0.15) is 5.26 Å². The lowest BCUT2D eigenvalue weighted by Crippen LogP contribution is -2.28. The van der Waals surface area contributed by atoms with E-state index in [4.69, 9.17) is 5.26 Å². The largest absolute Gasteiger partial charge is 0.312 e. The summed E-state index contributed by atoms with van der Waals surface area (Å²) in [5, 5.41) is 10.7. The zero-order chi connectivity index (χ0) is 11.3. The molecule has 0 N–H and O–H groups in total. The van der Waals surface area contributed by atoms with E-state index in [2.05, 4.69) is 0 Å². The molecule has 0 heterocycles. The Labute approximate surface area is 93.7 Å². The lowest BCUT2D eigenvalue weighted by Gasteiger charge is -2.20. The van der Waals surface area contributed by atoms with E-state index in [0.29, 0.717) is 6.54 Å². The van der Waals surface area contributed by atoms with Crippen LogP contribution in [-0.2, 0) is 4.79 Å². The van der Waals surface area contributed by atoms with Crippen LogP contribution in [0, 0.1) is 10.7 Å². The summed E-state index contributed by atoms with van der Waals surface area (Å²) in [5.41, 5.74) is 0.805. The molecule has 1 rings (SSSR count). The quantitative estimate of drug-likeness (QED) is 0.581. The summed E-state index contributed by atoms with van der Waals surface area (Å²) in [5.74, 6) is -0.0107. The van der Waals surface area contributed by atoms with Crippen molar-refractivity contribution in [1.82, 2.24) is 0 Å². The molecule has 0 saturated carbocycles. The summed E-state index contributed by atoms with van der Waals surface area (Å²) >= 11 is 1.07. The Balaban J connectivity index is 3.11. The molecule has 0 aliphatic carbocycles. The summed E-state index contributed by atoms with van der Waals surface area (Å²) in [6.45, 7) is 4.05. The number of carbonyl (C=O) groups excluding carboxylic acids is 1. The van der Waals surface area contributed by atoms with Gasteiger partial charge in [-0.05, 0) is 30.8 Å². The molecule has 0 spiro atoms. The van der Waals surface area contributed by atoms with Crippen molar-refractivity contribution in [1.29, 1.82) is 5.26 Å². The first-order chi connectivity index (χ1) is 7.20. The van der Waals surface area contributed by atoms with Crippen LogP contribution in [0.4, 0.5) is 5.69 Å². The van der Waals surface area contributed by atoms with Crippen molar-refractivity contribution < 1.29 is 4.79 Å². The molecular formula is C11H12N2OS. The van der Waals surface area contributed by atoms with Gasteiger partial charge in [-0.25, -0.2) is 0 Å². The number of nitrogens with zero attached hydrogens (tertiary/aromatic N) is 2. The second-order valence-corrected chi connectivity index (χ2v) is 3.75. The number of rotatable bonds is 3. The minimum Gasteiger partial charge on any atom is -0.312 e.